The van der Waals surface area contributed by atoms with E-state index in [0.29, 0.717) is 18.6 Å². The largest absolute Gasteiger partial charge is 0.390 e. The van der Waals surface area contributed by atoms with Crippen LogP contribution in [-0.4, -0.2) is 42.0 Å². The molecule has 0 radical (unpaired) electrons. The fourth-order valence-electron chi connectivity index (χ4n) is 4.18. The van der Waals surface area contributed by atoms with Crippen LogP contribution in [0.3, 0.4) is 0 Å². The molecule has 3 saturated carbocycles. The van der Waals surface area contributed by atoms with E-state index in [0.717, 1.165) is 6.07 Å². The molecule has 3 aliphatic rings. The molecule has 2 aromatic carbocycles. The predicted molar refractivity (Wildman–Crippen MR) is 100 cm³/mol. The average Bonchev–Trinajstić information content (AvgIpc) is 3.06. The van der Waals surface area contributed by atoms with Crippen molar-refractivity contribution in [2.24, 2.45) is 11.8 Å². The summed E-state index contributed by atoms with van der Waals surface area (Å²) in [6.45, 7) is 0. The third-order valence-corrected chi connectivity index (χ3v) is 8.52. The number of rotatable bonds is 4. The van der Waals surface area contributed by atoms with Crippen LogP contribution in [0.15, 0.2) is 35.2 Å². The summed E-state index contributed by atoms with van der Waals surface area (Å²) in [5.41, 5.74) is -0.532. The van der Waals surface area contributed by atoms with Gasteiger partial charge in [0.05, 0.1) is 27.4 Å². The Balaban J connectivity index is 1.63. The summed E-state index contributed by atoms with van der Waals surface area (Å²) in [5, 5.41) is 20.8. The van der Waals surface area contributed by atoms with Crippen molar-refractivity contribution in [3.63, 3.8) is 0 Å². The third kappa shape index (κ3) is 3.18. The lowest BCUT2D eigenvalue weighted by Crippen LogP contribution is -2.43. The van der Waals surface area contributed by atoms with Crippen molar-refractivity contribution in [3.05, 3.63) is 58.4 Å². The molecule has 3 N–H and O–H groups in total. The Morgan fingerprint density at radius 1 is 1.03 bits per heavy atom. The Morgan fingerprint density at radius 3 is 2.13 bits per heavy atom. The van der Waals surface area contributed by atoms with Crippen molar-refractivity contribution in [2.45, 2.75) is 28.8 Å². The lowest BCUT2D eigenvalue weighted by atomic mass is 9.83. The molecular weight excluding hydrogens is 447 g/mol. The van der Waals surface area contributed by atoms with Crippen LogP contribution in [-0.2, 0) is 9.84 Å². The van der Waals surface area contributed by atoms with Crippen LogP contribution in [0.5, 0.6) is 0 Å². The number of carbonyl (C=O) groups is 1. The molecule has 160 valence electrons. The smallest absolute Gasteiger partial charge is 0.255 e. The lowest BCUT2D eigenvalue weighted by molar-refractivity contribution is 0.0396. The van der Waals surface area contributed by atoms with Gasteiger partial charge in [0.15, 0.2) is 27.3 Å². The number of hydrogen-bond donors (Lipinski definition) is 3. The van der Waals surface area contributed by atoms with Crippen LogP contribution in [0, 0.1) is 29.3 Å². The highest BCUT2D eigenvalue weighted by molar-refractivity contribution is 7.92. The highest BCUT2D eigenvalue weighted by Crippen LogP contribution is 2.54. The fourth-order valence-corrected chi connectivity index (χ4v) is 7.01. The molecular formula is C19H15ClF3NO5S. The van der Waals surface area contributed by atoms with E-state index in [9.17, 15) is 36.6 Å². The van der Waals surface area contributed by atoms with Gasteiger partial charge in [-0.2, -0.15) is 0 Å². The number of fused-ring (bicyclic) bond motifs is 1. The number of halogens is 4. The number of anilines is 1. The zero-order valence-corrected chi connectivity index (χ0v) is 16.6. The molecule has 5 rings (SSSR count). The highest BCUT2D eigenvalue weighted by Gasteiger charge is 2.63. The molecule has 11 heteroatoms. The number of nitrogens with one attached hydrogen (secondary N) is 1. The van der Waals surface area contributed by atoms with E-state index in [1.807, 2.05) is 0 Å². The minimum absolute atomic E-state index is 0.152. The van der Waals surface area contributed by atoms with E-state index in [1.54, 1.807) is 0 Å². The zero-order chi connectivity index (χ0) is 22.0. The first kappa shape index (κ1) is 21.1. The van der Waals surface area contributed by atoms with Crippen molar-refractivity contribution in [3.8, 4) is 0 Å². The van der Waals surface area contributed by atoms with Gasteiger partial charge >= 0.3 is 0 Å². The summed E-state index contributed by atoms with van der Waals surface area (Å²) in [7, 11) is -4.08. The van der Waals surface area contributed by atoms with Gasteiger partial charge in [-0.05, 0) is 24.6 Å². The van der Waals surface area contributed by atoms with Gasteiger partial charge in [-0.3, -0.25) is 4.79 Å². The van der Waals surface area contributed by atoms with E-state index < -0.39 is 62.5 Å². The molecule has 30 heavy (non-hydrogen) atoms. The topological polar surface area (TPSA) is 104 Å². The van der Waals surface area contributed by atoms with Gasteiger partial charge in [0.2, 0.25) is 0 Å². The molecule has 2 aromatic rings. The van der Waals surface area contributed by atoms with Gasteiger partial charge in [-0.1, -0.05) is 11.6 Å². The van der Waals surface area contributed by atoms with Crippen molar-refractivity contribution in [1.29, 1.82) is 0 Å². The van der Waals surface area contributed by atoms with Crippen LogP contribution in [0.4, 0.5) is 18.9 Å². The standard InChI is InChI=1S/C19H15ClF3NO5S/c20-11-2-1-7(19(27)24-8-4-12(21)15(23)13(22)5-8)3-14(11)30(28,29)18-9-6-10(18)17(26)16(9)25/h1-5,9-10,16-18,25-26H,6H2,(H,24,27)/t9?,10?,16-,17?,18?/m1/s1. The number of hydrogen-bond acceptors (Lipinski definition) is 5. The SMILES string of the molecule is O=C(Nc1cc(F)c(F)c(F)c1)c1ccc(Cl)c(S(=O)(=O)C2C3CC2[C@@H](O)C3O)c1. The summed E-state index contributed by atoms with van der Waals surface area (Å²) in [6.07, 6.45) is -1.93. The normalized spacial score (nSPS) is 27.6. The van der Waals surface area contributed by atoms with Gasteiger partial charge in [-0.25, -0.2) is 21.6 Å². The predicted octanol–water partition coefficient (Wildman–Crippen LogP) is 2.52. The van der Waals surface area contributed by atoms with Crippen molar-refractivity contribution in [2.75, 3.05) is 5.32 Å². The molecule has 0 aliphatic heterocycles. The van der Waals surface area contributed by atoms with E-state index in [-0.39, 0.29) is 21.2 Å². The van der Waals surface area contributed by atoms with E-state index >= 15 is 0 Å². The van der Waals surface area contributed by atoms with Crippen molar-refractivity contribution < 1.29 is 36.6 Å². The van der Waals surface area contributed by atoms with Crippen LogP contribution in [0.1, 0.15) is 16.8 Å². The molecule has 2 bridgehead atoms. The lowest BCUT2D eigenvalue weighted by Gasteiger charge is -2.35. The first-order valence-electron chi connectivity index (χ1n) is 8.88. The van der Waals surface area contributed by atoms with Crippen LogP contribution < -0.4 is 5.32 Å². The second-order valence-electron chi connectivity index (χ2n) is 7.41. The molecule has 3 fully saturated rings. The number of carbonyl (C=O) groups excluding carboxylic acids is 1. The van der Waals surface area contributed by atoms with Gasteiger partial charge in [0, 0.05) is 35.2 Å². The summed E-state index contributed by atoms with van der Waals surface area (Å²) < 4.78 is 65.9. The van der Waals surface area contributed by atoms with Crippen molar-refractivity contribution >= 4 is 33.0 Å². The maximum absolute atomic E-state index is 13.3. The molecule has 5 atom stereocenters. The van der Waals surface area contributed by atoms with Crippen LogP contribution in [0.2, 0.25) is 5.02 Å². The Kier molecular flexibility index (Phi) is 5.08. The number of benzene rings is 2. The molecule has 3 aliphatic carbocycles. The van der Waals surface area contributed by atoms with Gasteiger partial charge in [0.1, 0.15) is 0 Å². The maximum Gasteiger partial charge on any atom is 0.255 e. The van der Waals surface area contributed by atoms with E-state index in [4.69, 9.17) is 11.6 Å². The minimum Gasteiger partial charge on any atom is -0.390 e. The first-order valence-corrected chi connectivity index (χ1v) is 10.8. The first-order chi connectivity index (χ1) is 14.0. The molecule has 0 saturated heterocycles. The van der Waals surface area contributed by atoms with Gasteiger partial charge in [-0.15, -0.1) is 0 Å². The monoisotopic (exact) mass is 461 g/mol. The summed E-state index contributed by atoms with van der Waals surface area (Å²) in [4.78, 5) is 12.1. The van der Waals surface area contributed by atoms with E-state index in [1.165, 1.54) is 12.1 Å². The summed E-state index contributed by atoms with van der Waals surface area (Å²) in [6, 6.07) is 4.58. The number of sulfone groups is 1. The minimum atomic E-state index is -4.08. The van der Waals surface area contributed by atoms with Gasteiger partial charge in [0.25, 0.3) is 5.91 Å². The Morgan fingerprint density at radius 2 is 1.60 bits per heavy atom. The second kappa shape index (κ2) is 7.23. The van der Waals surface area contributed by atoms with E-state index in [2.05, 4.69) is 5.32 Å². The summed E-state index contributed by atoms with van der Waals surface area (Å²) in [5.74, 6) is -6.84. The number of aliphatic hydroxyl groups excluding tert-OH is 2. The molecule has 0 spiro atoms. The Labute approximate surface area is 174 Å². The van der Waals surface area contributed by atoms with Gasteiger partial charge < -0.3 is 15.5 Å². The molecule has 1 amide bonds. The second-order valence-corrected chi connectivity index (χ2v) is 9.89. The number of amides is 1. The van der Waals surface area contributed by atoms with Crippen molar-refractivity contribution in [1.82, 2.24) is 0 Å². The molecule has 6 nitrogen and oxygen atoms in total. The molecule has 0 heterocycles. The Hall–Kier alpha value is -2.14. The van der Waals surface area contributed by atoms with Crippen LogP contribution >= 0.6 is 11.6 Å². The Bertz CT molecular complexity index is 1120. The summed E-state index contributed by atoms with van der Waals surface area (Å²) >= 11 is 6.04. The maximum atomic E-state index is 13.3. The average molecular weight is 462 g/mol. The molecule has 0 aromatic heterocycles. The molecule has 4 unspecified atom stereocenters. The van der Waals surface area contributed by atoms with Crippen LogP contribution in [0.25, 0.3) is 0 Å². The third-order valence-electron chi connectivity index (χ3n) is 5.72. The fraction of sp³-hybridized carbons (Fsp3) is 0.316. The quantitative estimate of drug-likeness (QED) is 0.607. The zero-order valence-electron chi connectivity index (χ0n) is 15.0. The highest BCUT2D eigenvalue weighted by atomic mass is 35.5. The number of aliphatic hydroxyl groups is 2.